The van der Waals surface area contributed by atoms with Gasteiger partial charge in [0.1, 0.15) is 0 Å². The Morgan fingerprint density at radius 1 is 1.11 bits per heavy atom. The number of nitrogens with zero attached hydrogens (tertiary/aromatic N) is 3. The van der Waals surface area contributed by atoms with Crippen molar-refractivity contribution >= 4 is 23.0 Å². The number of hydrogen-bond acceptors (Lipinski definition) is 4. The number of benzene rings is 2. The van der Waals surface area contributed by atoms with Crippen LogP contribution in [0, 0.1) is 18.3 Å². The first-order valence-corrected chi connectivity index (χ1v) is 8.71. The molecule has 0 saturated heterocycles. The summed E-state index contributed by atoms with van der Waals surface area (Å²) < 4.78 is 0. The van der Waals surface area contributed by atoms with E-state index in [4.69, 9.17) is 5.26 Å². The van der Waals surface area contributed by atoms with Crippen molar-refractivity contribution in [1.82, 2.24) is 4.98 Å². The standard InChI is InChI=1S/C22H20N4O/c1-3-26(21-6-4-5-16(2)11-21)22(27)18-12-20(15-24-14-18)25-19-9-7-17(13-23)8-10-19/h4-12,14-15,25H,3H2,1-2H3. The molecule has 5 heteroatoms. The number of carbonyl (C=O) groups is 1. The Bertz CT molecular complexity index is 990. The first-order valence-electron chi connectivity index (χ1n) is 8.71. The number of nitriles is 1. The van der Waals surface area contributed by atoms with Crippen molar-refractivity contribution in [2.24, 2.45) is 0 Å². The zero-order valence-electron chi connectivity index (χ0n) is 15.3. The van der Waals surface area contributed by atoms with E-state index >= 15 is 0 Å². The number of anilines is 3. The van der Waals surface area contributed by atoms with E-state index < -0.39 is 0 Å². The molecule has 1 amide bonds. The minimum Gasteiger partial charge on any atom is -0.354 e. The predicted octanol–water partition coefficient (Wildman–Crippen LogP) is 4.67. The quantitative estimate of drug-likeness (QED) is 0.721. The Labute approximate surface area is 158 Å². The van der Waals surface area contributed by atoms with Crippen molar-refractivity contribution in [3.05, 3.63) is 83.7 Å². The van der Waals surface area contributed by atoms with Gasteiger partial charge in [0.2, 0.25) is 0 Å². The van der Waals surface area contributed by atoms with Crippen LogP contribution in [-0.4, -0.2) is 17.4 Å². The number of amides is 1. The van der Waals surface area contributed by atoms with Crippen molar-refractivity contribution in [3.8, 4) is 6.07 Å². The summed E-state index contributed by atoms with van der Waals surface area (Å²) in [4.78, 5) is 18.9. The minimum absolute atomic E-state index is 0.0981. The molecule has 0 radical (unpaired) electrons. The van der Waals surface area contributed by atoms with Crippen molar-refractivity contribution in [1.29, 1.82) is 5.26 Å². The van der Waals surface area contributed by atoms with Gasteiger partial charge in [-0.2, -0.15) is 5.26 Å². The van der Waals surface area contributed by atoms with Gasteiger partial charge < -0.3 is 10.2 Å². The van der Waals surface area contributed by atoms with E-state index in [9.17, 15) is 4.79 Å². The fraction of sp³-hybridized carbons (Fsp3) is 0.136. The summed E-state index contributed by atoms with van der Waals surface area (Å²) in [5, 5.41) is 12.1. The van der Waals surface area contributed by atoms with Gasteiger partial charge in [-0.1, -0.05) is 12.1 Å². The molecule has 1 heterocycles. The van der Waals surface area contributed by atoms with E-state index in [1.54, 1.807) is 35.5 Å². The maximum atomic E-state index is 13.0. The molecule has 0 unspecified atom stereocenters. The van der Waals surface area contributed by atoms with Crippen molar-refractivity contribution in [2.45, 2.75) is 13.8 Å². The molecular formula is C22H20N4O. The normalized spacial score (nSPS) is 10.1. The predicted molar refractivity (Wildman–Crippen MR) is 107 cm³/mol. The monoisotopic (exact) mass is 356 g/mol. The maximum Gasteiger partial charge on any atom is 0.259 e. The lowest BCUT2D eigenvalue weighted by atomic mass is 10.1. The van der Waals surface area contributed by atoms with Crippen LogP contribution in [0.1, 0.15) is 28.4 Å². The van der Waals surface area contributed by atoms with Gasteiger partial charge in [-0.25, -0.2) is 0 Å². The van der Waals surface area contributed by atoms with E-state index in [2.05, 4.69) is 16.4 Å². The zero-order chi connectivity index (χ0) is 19.2. The number of carbonyl (C=O) groups excluding carboxylic acids is 1. The third-order valence-electron chi connectivity index (χ3n) is 4.16. The molecule has 0 aliphatic carbocycles. The van der Waals surface area contributed by atoms with Crippen LogP contribution in [0.4, 0.5) is 17.1 Å². The largest absolute Gasteiger partial charge is 0.354 e. The number of aromatic nitrogens is 1. The fourth-order valence-electron chi connectivity index (χ4n) is 2.82. The van der Waals surface area contributed by atoms with E-state index in [0.717, 1.165) is 16.9 Å². The average molecular weight is 356 g/mol. The molecule has 0 aliphatic rings. The molecule has 3 aromatic rings. The second-order valence-electron chi connectivity index (χ2n) is 6.16. The lowest BCUT2D eigenvalue weighted by Crippen LogP contribution is -2.30. The van der Waals surface area contributed by atoms with Gasteiger partial charge in [0.25, 0.3) is 5.91 Å². The Morgan fingerprint density at radius 2 is 1.89 bits per heavy atom. The summed E-state index contributed by atoms with van der Waals surface area (Å²) in [7, 11) is 0. The Kier molecular flexibility index (Phi) is 5.48. The molecule has 0 aliphatic heterocycles. The van der Waals surface area contributed by atoms with E-state index in [-0.39, 0.29) is 5.91 Å². The van der Waals surface area contributed by atoms with Crippen LogP contribution in [-0.2, 0) is 0 Å². The summed E-state index contributed by atoms with van der Waals surface area (Å²) >= 11 is 0. The third-order valence-corrected chi connectivity index (χ3v) is 4.16. The number of rotatable bonds is 5. The SMILES string of the molecule is CCN(C(=O)c1cncc(Nc2ccc(C#N)cc2)c1)c1cccc(C)c1. The molecule has 5 nitrogen and oxygen atoms in total. The average Bonchev–Trinajstić information content (AvgIpc) is 2.69. The highest BCUT2D eigenvalue weighted by Crippen LogP contribution is 2.21. The van der Waals surface area contributed by atoms with Gasteiger partial charge in [-0.05, 0) is 61.9 Å². The molecule has 2 aromatic carbocycles. The first kappa shape index (κ1) is 18.2. The molecule has 3 rings (SSSR count). The van der Waals surface area contributed by atoms with Crippen LogP contribution < -0.4 is 10.2 Å². The second kappa shape index (κ2) is 8.15. The molecule has 134 valence electrons. The van der Waals surface area contributed by atoms with E-state index in [0.29, 0.717) is 23.4 Å². The summed E-state index contributed by atoms with van der Waals surface area (Å²) in [5.74, 6) is -0.0981. The van der Waals surface area contributed by atoms with Crippen LogP contribution in [0.5, 0.6) is 0 Å². The van der Waals surface area contributed by atoms with Gasteiger partial charge in [-0.3, -0.25) is 9.78 Å². The highest BCUT2D eigenvalue weighted by molar-refractivity contribution is 6.06. The molecule has 0 bridgehead atoms. The third kappa shape index (κ3) is 4.31. The van der Waals surface area contributed by atoms with Crippen molar-refractivity contribution in [3.63, 3.8) is 0 Å². The van der Waals surface area contributed by atoms with Gasteiger partial charge >= 0.3 is 0 Å². The van der Waals surface area contributed by atoms with Gasteiger partial charge in [0.05, 0.1) is 29.1 Å². The smallest absolute Gasteiger partial charge is 0.259 e. The highest BCUT2D eigenvalue weighted by Gasteiger charge is 2.17. The van der Waals surface area contributed by atoms with Crippen LogP contribution in [0.15, 0.2) is 67.0 Å². The van der Waals surface area contributed by atoms with Gasteiger partial charge in [-0.15, -0.1) is 0 Å². The van der Waals surface area contributed by atoms with Crippen LogP contribution in [0.25, 0.3) is 0 Å². The molecule has 27 heavy (non-hydrogen) atoms. The lowest BCUT2D eigenvalue weighted by molar-refractivity contribution is 0.0988. The maximum absolute atomic E-state index is 13.0. The second-order valence-corrected chi connectivity index (χ2v) is 6.16. The van der Waals surface area contributed by atoms with Crippen LogP contribution in [0.2, 0.25) is 0 Å². The molecule has 0 fully saturated rings. The number of pyridine rings is 1. The molecule has 0 atom stereocenters. The van der Waals surface area contributed by atoms with Crippen molar-refractivity contribution in [2.75, 3.05) is 16.8 Å². The lowest BCUT2D eigenvalue weighted by Gasteiger charge is -2.21. The summed E-state index contributed by atoms with van der Waals surface area (Å²) in [5.41, 5.74) is 4.62. The van der Waals surface area contributed by atoms with Gasteiger partial charge in [0.15, 0.2) is 0 Å². The fourth-order valence-corrected chi connectivity index (χ4v) is 2.82. The number of nitrogens with one attached hydrogen (secondary N) is 1. The highest BCUT2D eigenvalue weighted by atomic mass is 16.2. The minimum atomic E-state index is -0.0981. The Balaban J connectivity index is 1.83. The summed E-state index contributed by atoms with van der Waals surface area (Å²) in [6.07, 6.45) is 3.24. The first-order chi connectivity index (χ1) is 13.1. The molecule has 1 aromatic heterocycles. The summed E-state index contributed by atoms with van der Waals surface area (Å²) in [6.45, 7) is 4.52. The van der Waals surface area contributed by atoms with E-state index in [1.807, 2.05) is 50.2 Å². The topological polar surface area (TPSA) is 69.0 Å². The van der Waals surface area contributed by atoms with Crippen LogP contribution in [0.3, 0.4) is 0 Å². The van der Waals surface area contributed by atoms with Crippen LogP contribution >= 0.6 is 0 Å². The zero-order valence-corrected chi connectivity index (χ0v) is 15.3. The molecular weight excluding hydrogens is 336 g/mol. The molecule has 0 saturated carbocycles. The number of hydrogen-bond donors (Lipinski definition) is 1. The molecule has 1 N–H and O–H groups in total. The summed E-state index contributed by atoms with van der Waals surface area (Å²) in [6, 6.07) is 18.9. The Hall–Kier alpha value is -3.65. The Morgan fingerprint density at radius 3 is 2.56 bits per heavy atom. The number of aryl methyl sites for hydroxylation is 1. The van der Waals surface area contributed by atoms with Crippen molar-refractivity contribution < 1.29 is 4.79 Å². The molecule has 0 spiro atoms. The van der Waals surface area contributed by atoms with Gasteiger partial charge in [0, 0.05) is 24.1 Å². The van der Waals surface area contributed by atoms with E-state index in [1.165, 1.54) is 0 Å².